The first-order valence-corrected chi connectivity index (χ1v) is 11.6. The predicted molar refractivity (Wildman–Crippen MR) is 131 cm³/mol. The molecule has 4 aromatic rings. The quantitative estimate of drug-likeness (QED) is 0.332. The second-order valence-corrected chi connectivity index (χ2v) is 8.41. The van der Waals surface area contributed by atoms with Crippen LogP contribution >= 0.6 is 0 Å². The minimum absolute atomic E-state index is 0.0385. The highest BCUT2D eigenvalue weighted by Gasteiger charge is 2.23. The molecule has 1 atom stereocenters. The summed E-state index contributed by atoms with van der Waals surface area (Å²) in [6.07, 6.45) is 2.72. The molecule has 0 radical (unpaired) electrons. The number of fused-ring (bicyclic) bond motifs is 1. The Kier molecular flexibility index (Phi) is 6.66. The molecule has 0 saturated carbocycles. The number of hydrogen-bond donors (Lipinski definition) is 0. The van der Waals surface area contributed by atoms with Crippen LogP contribution < -0.4 is 4.74 Å². The Balaban J connectivity index is 1.59. The lowest BCUT2D eigenvalue weighted by atomic mass is 9.85. The molecule has 0 spiro atoms. The van der Waals surface area contributed by atoms with Gasteiger partial charge >= 0.3 is 0 Å². The van der Waals surface area contributed by atoms with E-state index in [-0.39, 0.29) is 12.2 Å². The standard InChI is InChI=1S/C29H29NO3/c1-31-25-14-15-26-24(20-25)19-23(16-18-33-27-13-8-17-32-27)29(30-26)28(21-9-4-2-5-10-21)22-11-6-3-7-12-22/h2-7,9-12,14-15,19-20,27-28H,8,13,16-18H2,1H3. The van der Waals surface area contributed by atoms with Crippen LogP contribution in [0.25, 0.3) is 10.9 Å². The number of pyridine rings is 1. The van der Waals surface area contributed by atoms with Crippen LogP contribution in [0.15, 0.2) is 84.9 Å². The van der Waals surface area contributed by atoms with Gasteiger partial charge in [-0.2, -0.15) is 0 Å². The molecule has 0 N–H and O–H groups in total. The summed E-state index contributed by atoms with van der Waals surface area (Å²) < 4.78 is 17.1. The van der Waals surface area contributed by atoms with Crippen molar-refractivity contribution in [3.05, 3.63) is 107 Å². The topological polar surface area (TPSA) is 40.6 Å². The number of benzene rings is 3. The van der Waals surface area contributed by atoms with Crippen LogP contribution in [0.2, 0.25) is 0 Å². The number of methoxy groups -OCH3 is 1. The van der Waals surface area contributed by atoms with Gasteiger partial charge in [-0.05, 0) is 53.8 Å². The third-order valence-electron chi connectivity index (χ3n) is 6.24. The molecule has 1 aliphatic rings. The normalized spacial score (nSPS) is 15.9. The Bertz CT molecular complexity index is 1150. The van der Waals surface area contributed by atoms with Gasteiger partial charge in [0.15, 0.2) is 6.29 Å². The molecular weight excluding hydrogens is 410 g/mol. The van der Waals surface area contributed by atoms with Crippen LogP contribution in [0.4, 0.5) is 0 Å². The van der Waals surface area contributed by atoms with E-state index in [0.717, 1.165) is 48.2 Å². The van der Waals surface area contributed by atoms with Crippen molar-refractivity contribution in [2.24, 2.45) is 0 Å². The molecule has 168 valence electrons. The lowest BCUT2D eigenvalue weighted by Crippen LogP contribution is -2.15. The van der Waals surface area contributed by atoms with Gasteiger partial charge in [0.2, 0.25) is 0 Å². The summed E-state index contributed by atoms with van der Waals surface area (Å²) in [6.45, 7) is 1.39. The maximum Gasteiger partial charge on any atom is 0.157 e. The SMILES string of the molecule is COc1ccc2nc(C(c3ccccc3)c3ccccc3)c(CCOC3CCCO3)cc2c1. The highest BCUT2D eigenvalue weighted by atomic mass is 16.7. The van der Waals surface area contributed by atoms with E-state index >= 15 is 0 Å². The molecule has 1 unspecified atom stereocenters. The van der Waals surface area contributed by atoms with E-state index < -0.39 is 0 Å². The molecule has 33 heavy (non-hydrogen) atoms. The van der Waals surface area contributed by atoms with Crippen LogP contribution in [-0.4, -0.2) is 31.6 Å². The molecule has 0 bridgehead atoms. The second-order valence-electron chi connectivity index (χ2n) is 8.41. The van der Waals surface area contributed by atoms with Crippen LogP contribution in [0, 0.1) is 0 Å². The minimum atomic E-state index is -0.0824. The van der Waals surface area contributed by atoms with Gasteiger partial charge in [0.1, 0.15) is 5.75 Å². The average molecular weight is 440 g/mol. The zero-order valence-electron chi connectivity index (χ0n) is 18.9. The molecule has 3 aromatic carbocycles. The first-order valence-electron chi connectivity index (χ1n) is 11.6. The molecule has 0 aliphatic carbocycles. The Hall–Kier alpha value is -3.21. The summed E-state index contributed by atoms with van der Waals surface area (Å²) in [7, 11) is 1.69. The number of rotatable bonds is 8. The molecule has 1 aliphatic heterocycles. The fraction of sp³-hybridized carbons (Fsp3) is 0.276. The van der Waals surface area contributed by atoms with E-state index in [4.69, 9.17) is 19.2 Å². The Morgan fingerprint density at radius 2 is 1.67 bits per heavy atom. The summed E-state index contributed by atoms with van der Waals surface area (Å²) in [6, 6.07) is 29.5. The van der Waals surface area contributed by atoms with Crippen LogP contribution in [0.5, 0.6) is 5.75 Å². The van der Waals surface area contributed by atoms with E-state index in [1.165, 1.54) is 16.7 Å². The third-order valence-corrected chi connectivity index (χ3v) is 6.24. The summed E-state index contributed by atoms with van der Waals surface area (Å²) in [4.78, 5) is 5.21. The van der Waals surface area contributed by atoms with Gasteiger partial charge in [-0.1, -0.05) is 60.7 Å². The molecule has 1 saturated heterocycles. The smallest absolute Gasteiger partial charge is 0.157 e. The zero-order valence-corrected chi connectivity index (χ0v) is 18.9. The molecule has 1 fully saturated rings. The highest BCUT2D eigenvalue weighted by Crippen LogP contribution is 2.35. The molecular formula is C29H29NO3. The van der Waals surface area contributed by atoms with Crippen molar-refractivity contribution in [1.29, 1.82) is 0 Å². The van der Waals surface area contributed by atoms with E-state index in [9.17, 15) is 0 Å². The Morgan fingerprint density at radius 3 is 2.30 bits per heavy atom. The van der Waals surface area contributed by atoms with Crippen molar-refractivity contribution in [2.75, 3.05) is 20.3 Å². The van der Waals surface area contributed by atoms with E-state index in [2.05, 4.69) is 72.8 Å². The molecule has 0 amide bonds. The van der Waals surface area contributed by atoms with Gasteiger partial charge in [-0.15, -0.1) is 0 Å². The fourth-order valence-electron chi connectivity index (χ4n) is 4.57. The summed E-state index contributed by atoms with van der Waals surface area (Å²) in [5.41, 5.74) is 5.68. The van der Waals surface area contributed by atoms with Crippen LogP contribution in [-0.2, 0) is 15.9 Å². The maximum atomic E-state index is 6.04. The maximum absolute atomic E-state index is 6.04. The first-order chi connectivity index (χ1) is 16.3. The number of nitrogens with zero attached hydrogens (tertiary/aromatic N) is 1. The van der Waals surface area contributed by atoms with Crippen molar-refractivity contribution >= 4 is 10.9 Å². The average Bonchev–Trinajstić information content (AvgIpc) is 3.39. The molecule has 2 heterocycles. The summed E-state index contributed by atoms with van der Waals surface area (Å²) in [5.74, 6) is 0.873. The Morgan fingerprint density at radius 1 is 0.939 bits per heavy atom. The van der Waals surface area contributed by atoms with Crippen LogP contribution in [0.1, 0.15) is 41.1 Å². The first kappa shape index (κ1) is 21.6. The largest absolute Gasteiger partial charge is 0.497 e. The van der Waals surface area contributed by atoms with Gasteiger partial charge in [0, 0.05) is 18.4 Å². The molecule has 1 aromatic heterocycles. The van der Waals surface area contributed by atoms with E-state index in [1.54, 1.807) is 7.11 Å². The Labute approximate surface area is 195 Å². The highest BCUT2D eigenvalue weighted by molar-refractivity contribution is 5.81. The van der Waals surface area contributed by atoms with Gasteiger partial charge in [-0.25, -0.2) is 0 Å². The second kappa shape index (κ2) is 10.2. The molecule has 4 nitrogen and oxygen atoms in total. The van der Waals surface area contributed by atoms with Gasteiger partial charge in [-0.3, -0.25) is 4.98 Å². The zero-order chi connectivity index (χ0) is 22.5. The molecule has 4 heteroatoms. The monoisotopic (exact) mass is 439 g/mol. The lowest BCUT2D eigenvalue weighted by Gasteiger charge is -2.22. The van der Waals surface area contributed by atoms with Gasteiger partial charge in [0.25, 0.3) is 0 Å². The fourth-order valence-corrected chi connectivity index (χ4v) is 4.57. The van der Waals surface area contributed by atoms with Crippen molar-refractivity contribution in [3.8, 4) is 5.75 Å². The number of hydrogen-bond acceptors (Lipinski definition) is 4. The number of ether oxygens (including phenoxy) is 3. The van der Waals surface area contributed by atoms with Crippen molar-refractivity contribution in [2.45, 2.75) is 31.5 Å². The van der Waals surface area contributed by atoms with E-state index in [1.807, 2.05) is 12.1 Å². The van der Waals surface area contributed by atoms with Crippen LogP contribution in [0.3, 0.4) is 0 Å². The molecule has 5 rings (SSSR count). The summed E-state index contributed by atoms with van der Waals surface area (Å²) >= 11 is 0. The van der Waals surface area contributed by atoms with E-state index in [0.29, 0.717) is 6.61 Å². The predicted octanol–water partition coefficient (Wildman–Crippen LogP) is 6.12. The van der Waals surface area contributed by atoms with Crippen molar-refractivity contribution < 1.29 is 14.2 Å². The lowest BCUT2D eigenvalue weighted by molar-refractivity contribution is -0.109. The van der Waals surface area contributed by atoms with Crippen molar-refractivity contribution in [3.63, 3.8) is 0 Å². The van der Waals surface area contributed by atoms with Gasteiger partial charge in [0.05, 0.1) is 30.8 Å². The van der Waals surface area contributed by atoms with Crippen molar-refractivity contribution in [1.82, 2.24) is 4.98 Å². The number of aromatic nitrogens is 1. The van der Waals surface area contributed by atoms with Gasteiger partial charge < -0.3 is 14.2 Å². The third kappa shape index (κ3) is 4.92. The minimum Gasteiger partial charge on any atom is -0.497 e. The summed E-state index contributed by atoms with van der Waals surface area (Å²) in [5, 5.41) is 1.07.